The van der Waals surface area contributed by atoms with Gasteiger partial charge in [-0.2, -0.15) is 0 Å². The Balaban J connectivity index is 2.39. The summed E-state index contributed by atoms with van der Waals surface area (Å²) < 4.78 is 10.8. The molecule has 2 N–H and O–H groups in total. The molecule has 0 spiro atoms. The summed E-state index contributed by atoms with van der Waals surface area (Å²) in [5.41, 5.74) is 5.74. The summed E-state index contributed by atoms with van der Waals surface area (Å²) in [4.78, 5) is 0. The second-order valence-electron chi connectivity index (χ2n) is 4.03. The molecule has 1 saturated heterocycles. The molecule has 2 unspecified atom stereocenters. The first-order valence-corrected chi connectivity index (χ1v) is 4.47. The molecule has 1 aliphatic heterocycles. The summed E-state index contributed by atoms with van der Waals surface area (Å²) in [6, 6.07) is 0.194. The maximum atomic E-state index is 5.86. The zero-order valence-electron chi connectivity index (χ0n) is 8.17. The van der Waals surface area contributed by atoms with E-state index in [2.05, 4.69) is 13.8 Å². The molecule has 1 rings (SSSR count). The Morgan fingerprint density at radius 2 is 2.25 bits per heavy atom. The van der Waals surface area contributed by atoms with E-state index in [1.54, 1.807) is 7.11 Å². The summed E-state index contributed by atoms with van der Waals surface area (Å²) >= 11 is 0. The SMILES string of the molecule is COC(C)(C)CC1OCCC1N. The third-order valence-electron chi connectivity index (χ3n) is 2.51. The molecule has 3 heteroatoms. The second-order valence-corrected chi connectivity index (χ2v) is 4.03. The minimum atomic E-state index is -0.118. The minimum Gasteiger partial charge on any atom is -0.379 e. The van der Waals surface area contributed by atoms with Crippen molar-refractivity contribution < 1.29 is 9.47 Å². The lowest BCUT2D eigenvalue weighted by molar-refractivity contribution is -0.0290. The summed E-state index contributed by atoms with van der Waals surface area (Å²) in [7, 11) is 1.72. The maximum Gasteiger partial charge on any atom is 0.0754 e. The van der Waals surface area contributed by atoms with Crippen LogP contribution in [0.4, 0.5) is 0 Å². The van der Waals surface area contributed by atoms with E-state index >= 15 is 0 Å². The third kappa shape index (κ3) is 2.44. The lowest BCUT2D eigenvalue weighted by Gasteiger charge is -2.27. The fourth-order valence-corrected chi connectivity index (χ4v) is 1.44. The fraction of sp³-hybridized carbons (Fsp3) is 1.00. The van der Waals surface area contributed by atoms with Gasteiger partial charge in [-0.05, 0) is 20.3 Å². The first-order chi connectivity index (χ1) is 5.55. The van der Waals surface area contributed by atoms with Crippen LogP contribution in [0, 0.1) is 0 Å². The van der Waals surface area contributed by atoms with Crippen LogP contribution in [0.2, 0.25) is 0 Å². The van der Waals surface area contributed by atoms with Crippen molar-refractivity contribution in [1.82, 2.24) is 0 Å². The number of rotatable bonds is 3. The van der Waals surface area contributed by atoms with Crippen LogP contribution in [0.15, 0.2) is 0 Å². The molecule has 72 valence electrons. The largest absolute Gasteiger partial charge is 0.379 e. The molecule has 1 heterocycles. The Hall–Kier alpha value is -0.120. The van der Waals surface area contributed by atoms with Gasteiger partial charge in [0.05, 0.1) is 11.7 Å². The lowest BCUT2D eigenvalue weighted by Crippen LogP contribution is -2.37. The van der Waals surface area contributed by atoms with Crippen LogP contribution in [0.25, 0.3) is 0 Å². The molecule has 0 amide bonds. The van der Waals surface area contributed by atoms with E-state index < -0.39 is 0 Å². The van der Waals surface area contributed by atoms with Gasteiger partial charge in [0.2, 0.25) is 0 Å². The van der Waals surface area contributed by atoms with Gasteiger partial charge in [-0.1, -0.05) is 0 Å². The molecule has 0 aromatic rings. The quantitative estimate of drug-likeness (QED) is 0.690. The van der Waals surface area contributed by atoms with E-state index in [4.69, 9.17) is 15.2 Å². The van der Waals surface area contributed by atoms with Crippen molar-refractivity contribution in [3.8, 4) is 0 Å². The highest BCUT2D eigenvalue weighted by Gasteiger charge is 2.31. The van der Waals surface area contributed by atoms with E-state index in [1.165, 1.54) is 0 Å². The predicted molar refractivity (Wildman–Crippen MR) is 48.0 cm³/mol. The average Bonchev–Trinajstić information content (AvgIpc) is 2.36. The molecule has 3 nitrogen and oxygen atoms in total. The smallest absolute Gasteiger partial charge is 0.0754 e. The molecule has 0 aromatic heterocycles. The summed E-state index contributed by atoms with van der Waals surface area (Å²) in [5, 5.41) is 0. The predicted octanol–water partition coefficient (Wildman–Crippen LogP) is 0.918. The first-order valence-electron chi connectivity index (χ1n) is 4.47. The molecule has 1 fully saturated rings. The van der Waals surface area contributed by atoms with E-state index in [1.807, 2.05) is 0 Å². The molecule has 2 atom stereocenters. The van der Waals surface area contributed by atoms with Gasteiger partial charge >= 0.3 is 0 Å². The summed E-state index contributed by atoms with van der Waals surface area (Å²) in [6.45, 7) is 4.91. The molecular formula is C9H19NO2. The highest BCUT2D eigenvalue weighted by atomic mass is 16.5. The van der Waals surface area contributed by atoms with Gasteiger partial charge in [-0.15, -0.1) is 0 Å². The Bertz CT molecular complexity index is 147. The number of methoxy groups -OCH3 is 1. The highest BCUT2D eigenvalue weighted by molar-refractivity contribution is 4.85. The van der Waals surface area contributed by atoms with Crippen LogP contribution in [-0.4, -0.2) is 31.5 Å². The van der Waals surface area contributed by atoms with Crippen molar-refractivity contribution in [2.45, 2.75) is 44.4 Å². The van der Waals surface area contributed by atoms with Gasteiger partial charge in [0.25, 0.3) is 0 Å². The van der Waals surface area contributed by atoms with Crippen LogP contribution in [0.5, 0.6) is 0 Å². The lowest BCUT2D eigenvalue weighted by atomic mass is 9.97. The summed E-state index contributed by atoms with van der Waals surface area (Å²) in [6.07, 6.45) is 2.04. The maximum absolute atomic E-state index is 5.86. The number of ether oxygens (including phenoxy) is 2. The average molecular weight is 173 g/mol. The van der Waals surface area contributed by atoms with Crippen LogP contribution in [-0.2, 0) is 9.47 Å². The molecule has 12 heavy (non-hydrogen) atoms. The molecule has 0 bridgehead atoms. The van der Waals surface area contributed by atoms with E-state index in [9.17, 15) is 0 Å². The van der Waals surface area contributed by atoms with Crippen LogP contribution in [0.1, 0.15) is 26.7 Å². The van der Waals surface area contributed by atoms with E-state index in [0.29, 0.717) is 0 Å². The van der Waals surface area contributed by atoms with Gasteiger partial charge in [0.1, 0.15) is 0 Å². The molecule has 1 aliphatic rings. The zero-order valence-corrected chi connectivity index (χ0v) is 8.17. The Labute approximate surface area is 74.2 Å². The number of nitrogens with two attached hydrogens (primary N) is 1. The van der Waals surface area contributed by atoms with Crippen LogP contribution >= 0.6 is 0 Å². The van der Waals surface area contributed by atoms with Gasteiger partial charge in [-0.25, -0.2) is 0 Å². The molecular weight excluding hydrogens is 154 g/mol. The van der Waals surface area contributed by atoms with Crippen molar-refractivity contribution in [2.24, 2.45) is 5.73 Å². The third-order valence-corrected chi connectivity index (χ3v) is 2.51. The van der Waals surface area contributed by atoms with E-state index in [-0.39, 0.29) is 17.7 Å². The van der Waals surface area contributed by atoms with Crippen molar-refractivity contribution in [3.05, 3.63) is 0 Å². The topological polar surface area (TPSA) is 44.5 Å². The van der Waals surface area contributed by atoms with Crippen molar-refractivity contribution >= 4 is 0 Å². The van der Waals surface area contributed by atoms with Gasteiger partial charge in [-0.3, -0.25) is 0 Å². The van der Waals surface area contributed by atoms with Crippen molar-refractivity contribution in [3.63, 3.8) is 0 Å². The van der Waals surface area contributed by atoms with E-state index in [0.717, 1.165) is 19.4 Å². The monoisotopic (exact) mass is 173 g/mol. The number of hydrogen-bond acceptors (Lipinski definition) is 3. The molecule has 0 saturated carbocycles. The van der Waals surface area contributed by atoms with Crippen molar-refractivity contribution in [2.75, 3.05) is 13.7 Å². The van der Waals surface area contributed by atoms with Gasteiger partial charge < -0.3 is 15.2 Å². The standard InChI is InChI=1S/C9H19NO2/c1-9(2,11-3)6-8-7(10)4-5-12-8/h7-8H,4-6,10H2,1-3H3. The Kier molecular flexibility index (Phi) is 3.09. The van der Waals surface area contributed by atoms with Crippen LogP contribution < -0.4 is 5.73 Å². The number of hydrogen-bond donors (Lipinski definition) is 1. The Morgan fingerprint density at radius 1 is 1.58 bits per heavy atom. The molecule has 0 radical (unpaired) electrons. The van der Waals surface area contributed by atoms with Gasteiger partial charge in [0, 0.05) is 26.2 Å². The molecule has 0 aliphatic carbocycles. The highest BCUT2D eigenvalue weighted by Crippen LogP contribution is 2.23. The minimum absolute atomic E-state index is 0.118. The fourth-order valence-electron chi connectivity index (χ4n) is 1.44. The second kappa shape index (κ2) is 3.73. The van der Waals surface area contributed by atoms with Crippen molar-refractivity contribution in [1.29, 1.82) is 0 Å². The Morgan fingerprint density at radius 3 is 2.67 bits per heavy atom. The first kappa shape index (κ1) is 9.96. The summed E-state index contributed by atoms with van der Waals surface area (Å²) in [5.74, 6) is 0. The molecule has 0 aromatic carbocycles. The zero-order chi connectivity index (χ0) is 9.19. The normalized spacial score (nSPS) is 31.0. The van der Waals surface area contributed by atoms with Gasteiger partial charge in [0.15, 0.2) is 0 Å². The van der Waals surface area contributed by atoms with Crippen LogP contribution in [0.3, 0.4) is 0 Å².